The number of likely N-dealkylation sites (tertiary alicyclic amines) is 1. The van der Waals surface area contributed by atoms with E-state index in [0.29, 0.717) is 44.2 Å². The molecule has 6 rings (SSSR count). The molecule has 5 heterocycles. The van der Waals surface area contributed by atoms with E-state index in [1.54, 1.807) is 6.92 Å². The number of benzene rings is 1. The maximum Gasteiger partial charge on any atom is 0.254 e. The first kappa shape index (κ1) is 25.3. The standard InChI is InChI=1S/C29H37N5O4/c1-20(35)33-10-7-23(8-11-33)31-27-12-25-26(13-30-27)29(18-38-19-29)17-34(28(25)37)16-24(36)15-32-9-6-21-4-2-3-5-22(21)14-32/h2-5,12-13,23-24,36H,6-11,14-19H2,1H3,(H,30,31)/t24-/m1/s1. The number of rotatable bonds is 6. The van der Waals surface area contributed by atoms with Crippen LogP contribution in [0.4, 0.5) is 5.82 Å². The van der Waals surface area contributed by atoms with Gasteiger partial charge in [-0.1, -0.05) is 24.3 Å². The summed E-state index contributed by atoms with van der Waals surface area (Å²) in [4.78, 5) is 35.9. The van der Waals surface area contributed by atoms with E-state index < -0.39 is 6.10 Å². The van der Waals surface area contributed by atoms with Gasteiger partial charge in [-0.2, -0.15) is 0 Å². The monoisotopic (exact) mass is 519 g/mol. The topological polar surface area (TPSA) is 98.2 Å². The summed E-state index contributed by atoms with van der Waals surface area (Å²) < 4.78 is 5.61. The van der Waals surface area contributed by atoms with Crippen LogP contribution < -0.4 is 5.32 Å². The van der Waals surface area contributed by atoms with Crippen LogP contribution in [-0.2, 0) is 27.9 Å². The number of piperidine rings is 1. The van der Waals surface area contributed by atoms with Crippen LogP contribution in [0.25, 0.3) is 0 Å². The summed E-state index contributed by atoms with van der Waals surface area (Å²) in [5.74, 6) is 0.738. The smallest absolute Gasteiger partial charge is 0.254 e. The van der Waals surface area contributed by atoms with Crippen LogP contribution in [-0.4, -0.2) is 101 Å². The number of hydrogen-bond acceptors (Lipinski definition) is 7. The molecule has 9 nitrogen and oxygen atoms in total. The first-order chi connectivity index (χ1) is 18.4. The van der Waals surface area contributed by atoms with Crippen LogP contribution in [0.1, 0.15) is 46.8 Å². The lowest BCUT2D eigenvalue weighted by molar-refractivity contribution is -0.129. The van der Waals surface area contributed by atoms with Gasteiger partial charge in [0.1, 0.15) is 5.82 Å². The second-order valence-electron chi connectivity index (χ2n) is 11.4. The Hall–Kier alpha value is -3.01. The fourth-order valence-corrected chi connectivity index (χ4v) is 6.44. The molecular weight excluding hydrogens is 482 g/mol. The second kappa shape index (κ2) is 10.3. The van der Waals surface area contributed by atoms with Crippen LogP contribution in [0, 0.1) is 0 Å². The van der Waals surface area contributed by atoms with Gasteiger partial charge in [0.15, 0.2) is 0 Å². The highest BCUT2D eigenvalue weighted by molar-refractivity contribution is 5.98. The van der Waals surface area contributed by atoms with Gasteiger partial charge in [-0.05, 0) is 42.0 Å². The third-order valence-electron chi connectivity index (χ3n) is 8.65. The first-order valence-corrected chi connectivity index (χ1v) is 13.8. The van der Waals surface area contributed by atoms with Gasteiger partial charge in [0.2, 0.25) is 5.91 Å². The zero-order valence-electron chi connectivity index (χ0n) is 22.1. The Morgan fingerprint density at radius 1 is 1.18 bits per heavy atom. The molecule has 0 aliphatic carbocycles. The van der Waals surface area contributed by atoms with Crippen molar-refractivity contribution in [3.63, 3.8) is 0 Å². The van der Waals surface area contributed by atoms with Crippen molar-refractivity contribution in [2.75, 3.05) is 57.8 Å². The number of nitrogens with zero attached hydrogens (tertiary/aromatic N) is 4. The highest BCUT2D eigenvalue weighted by atomic mass is 16.5. The van der Waals surface area contributed by atoms with Gasteiger partial charge in [0.05, 0.1) is 24.7 Å². The molecule has 38 heavy (non-hydrogen) atoms. The predicted molar refractivity (Wildman–Crippen MR) is 143 cm³/mol. The molecule has 2 saturated heterocycles. The van der Waals surface area contributed by atoms with Gasteiger partial charge in [-0.25, -0.2) is 4.98 Å². The Kier molecular flexibility index (Phi) is 6.84. The minimum absolute atomic E-state index is 0.0580. The van der Waals surface area contributed by atoms with Crippen molar-refractivity contribution >= 4 is 17.6 Å². The van der Waals surface area contributed by atoms with Crippen LogP contribution in [0.15, 0.2) is 36.5 Å². The number of nitrogens with one attached hydrogen (secondary N) is 1. The average molecular weight is 520 g/mol. The van der Waals surface area contributed by atoms with Crippen LogP contribution in [0.5, 0.6) is 0 Å². The minimum Gasteiger partial charge on any atom is -0.390 e. The second-order valence-corrected chi connectivity index (χ2v) is 11.4. The van der Waals surface area contributed by atoms with E-state index in [2.05, 4.69) is 39.5 Å². The molecular formula is C29H37N5O4. The normalized spacial score (nSPS) is 22.0. The van der Waals surface area contributed by atoms with Crippen LogP contribution >= 0.6 is 0 Å². The molecule has 1 aromatic heterocycles. The zero-order valence-corrected chi connectivity index (χ0v) is 22.1. The van der Waals surface area contributed by atoms with E-state index in [1.165, 1.54) is 11.1 Å². The predicted octanol–water partition coefficient (Wildman–Crippen LogP) is 1.65. The molecule has 2 fully saturated rings. The number of carbonyl (C=O) groups excluding carboxylic acids is 2. The van der Waals surface area contributed by atoms with Gasteiger partial charge in [0.25, 0.3) is 5.91 Å². The maximum atomic E-state index is 13.7. The molecule has 1 spiro atoms. The van der Waals surface area contributed by atoms with E-state index >= 15 is 0 Å². The number of aliphatic hydroxyl groups is 1. The quantitative estimate of drug-likeness (QED) is 0.599. The summed E-state index contributed by atoms with van der Waals surface area (Å²) in [6, 6.07) is 10.6. The molecule has 0 bridgehead atoms. The molecule has 1 atom stereocenters. The minimum atomic E-state index is -0.630. The van der Waals surface area contributed by atoms with Gasteiger partial charge >= 0.3 is 0 Å². The number of amides is 2. The Balaban J connectivity index is 1.13. The molecule has 0 saturated carbocycles. The highest BCUT2D eigenvalue weighted by Crippen LogP contribution is 2.40. The third kappa shape index (κ3) is 4.90. The fraction of sp³-hybridized carbons (Fsp3) is 0.552. The number of anilines is 1. The highest BCUT2D eigenvalue weighted by Gasteiger charge is 2.49. The number of carbonyl (C=O) groups is 2. The number of ether oxygens (including phenoxy) is 1. The van der Waals surface area contributed by atoms with Crippen molar-refractivity contribution < 1.29 is 19.4 Å². The number of β-amino-alcohol motifs (C(OH)–C–C–N with tert-alkyl or cyclic N) is 1. The van der Waals surface area contributed by atoms with Gasteiger partial charge in [-0.15, -0.1) is 0 Å². The lowest BCUT2D eigenvalue weighted by Gasteiger charge is -2.49. The van der Waals surface area contributed by atoms with E-state index in [1.807, 2.05) is 22.1 Å². The summed E-state index contributed by atoms with van der Waals surface area (Å²) in [5, 5.41) is 14.5. The number of hydrogen-bond donors (Lipinski definition) is 2. The van der Waals surface area contributed by atoms with E-state index in [-0.39, 0.29) is 23.3 Å². The van der Waals surface area contributed by atoms with Crippen molar-refractivity contribution in [3.8, 4) is 0 Å². The molecule has 0 radical (unpaired) electrons. The summed E-state index contributed by atoms with van der Waals surface area (Å²) in [5.41, 5.74) is 4.04. The molecule has 4 aliphatic heterocycles. The molecule has 9 heteroatoms. The summed E-state index contributed by atoms with van der Waals surface area (Å²) in [6.07, 6.45) is 3.89. The Labute approximate surface area is 223 Å². The fourth-order valence-electron chi connectivity index (χ4n) is 6.44. The molecule has 2 N–H and O–H groups in total. The van der Waals surface area contributed by atoms with E-state index in [9.17, 15) is 14.7 Å². The van der Waals surface area contributed by atoms with E-state index in [0.717, 1.165) is 51.0 Å². The van der Waals surface area contributed by atoms with Crippen molar-refractivity contribution in [1.82, 2.24) is 19.7 Å². The van der Waals surface area contributed by atoms with Gasteiger partial charge in [-0.3, -0.25) is 14.5 Å². The molecule has 4 aliphatic rings. The number of fused-ring (bicyclic) bond motifs is 3. The third-order valence-corrected chi connectivity index (χ3v) is 8.65. The number of aromatic nitrogens is 1. The van der Waals surface area contributed by atoms with Crippen molar-refractivity contribution in [2.45, 2.75) is 50.3 Å². The Morgan fingerprint density at radius 3 is 2.66 bits per heavy atom. The molecule has 2 aromatic rings. The molecule has 1 aromatic carbocycles. The SMILES string of the molecule is CC(=O)N1CCC(Nc2cc3c(cn2)C2(COC2)CN(C[C@H](O)CN2CCc4ccccc4C2)C3=O)CC1. The lowest BCUT2D eigenvalue weighted by atomic mass is 9.74. The average Bonchev–Trinajstić information content (AvgIpc) is 2.89. The lowest BCUT2D eigenvalue weighted by Crippen LogP contribution is -2.60. The Morgan fingerprint density at radius 2 is 1.95 bits per heavy atom. The first-order valence-electron chi connectivity index (χ1n) is 13.8. The van der Waals surface area contributed by atoms with Crippen LogP contribution in [0.3, 0.4) is 0 Å². The molecule has 0 unspecified atom stereocenters. The number of aliphatic hydroxyl groups excluding tert-OH is 1. The van der Waals surface area contributed by atoms with Gasteiger partial charge < -0.3 is 25.0 Å². The van der Waals surface area contributed by atoms with E-state index in [4.69, 9.17) is 4.74 Å². The Bertz CT molecular complexity index is 1210. The maximum absolute atomic E-state index is 13.7. The zero-order chi connectivity index (χ0) is 26.3. The summed E-state index contributed by atoms with van der Waals surface area (Å²) in [7, 11) is 0. The van der Waals surface area contributed by atoms with Crippen molar-refractivity contribution in [1.29, 1.82) is 0 Å². The largest absolute Gasteiger partial charge is 0.390 e. The summed E-state index contributed by atoms with van der Waals surface area (Å²) >= 11 is 0. The van der Waals surface area contributed by atoms with Gasteiger partial charge in [0, 0.05) is 70.5 Å². The summed E-state index contributed by atoms with van der Waals surface area (Å²) in [6.45, 7) is 7.29. The van der Waals surface area contributed by atoms with Crippen LogP contribution in [0.2, 0.25) is 0 Å². The molecule has 202 valence electrons. The van der Waals surface area contributed by atoms with Crippen molar-refractivity contribution in [3.05, 3.63) is 58.8 Å². The molecule has 2 amide bonds. The number of pyridine rings is 1. The van der Waals surface area contributed by atoms with Crippen molar-refractivity contribution in [2.24, 2.45) is 0 Å².